The maximum absolute atomic E-state index is 11.4. The molecule has 0 aromatic heterocycles. The molecule has 0 aliphatic carbocycles. The molecule has 0 spiro atoms. The molecule has 142 valence electrons. The third-order valence-electron chi connectivity index (χ3n) is 4.02. The van der Waals surface area contributed by atoms with Gasteiger partial charge in [-0.15, -0.1) is 0 Å². The monoisotopic (exact) mass is 398 g/mol. The highest BCUT2D eigenvalue weighted by molar-refractivity contribution is 6.59. The third kappa shape index (κ3) is 16.9. The molecular formula is C19H33Cl3O2. The van der Waals surface area contributed by atoms with Gasteiger partial charge in [0.2, 0.25) is 0 Å². The lowest BCUT2D eigenvalue weighted by atomic mass is 10.0. The first-order valence-electron chi connectivity index (χ1n) is 9.43. The quantitative estimate of drug-likeness (QED) is 0.195. The molecule has 0 N–H and O–H groups in total. The summed E-state index contributed by atoms with van der Waals surface area (Å²) in [5.41, 5.74) is 0. The van der Waals surface area contributed by atoms with Crippen LogP contribution in [0.1, 0.15) is 96.8 Å². The average Bonchev–Trinajstić information content (AvgIpc) is 2.55. The highest BCUT2D eigenvalue weighted by atomic mass is 35.5. The van der Waals surface area contributed by atoms with Crippen LogP contribution in [-0.4, -0.2) is 12.6 Å². The van der Waals surface area contributed by atoms with Crippen molar-refractivity contribution in [2.75, 3.05) is 6.61 Å². The van der Waals surface area contributed by atoms with E-state index in [0.29, 0.717) is 6.61 Å². The standard InChI is InChI=1S/C19H33Cl3O2/c1-2-3-4-5-6-7-8-9-10-11-12-13-14-15-24-18(23)16-17(20)19(21)22/h2-16H2,1H3. The van der Waals surface area contributed by atoms with Crippen molar-refractivity contribution >= 4 is 40.8 Å². The molecule has 0 aliphatic rings. The first-order chi connectivity index (χ1) is 11.6. The SMILES string of the molecule is CCCCCCCCCCCCCCCOC(=O)CC(Cl)=C(Cl)Cl. The van der Waals surface area contributed by atoms with Gasteiger partial charge in [-0.3, -0.25) is 4.79 Å². The summed E-state index contributed by atoms with van der Waals surface area (Å²) >= 11 is 16.6. The largest absolute Gasteiger partial charge is 0.465 e. The Hall–Kier alpha value is 0.0800. The summed E-state index contributed by atoms with van der Waals surface area (Å²) in [7, 11) is 0. The Balaban J connectivity index is 3.23. The van der Waals surface area contributed by atoms with E-state index in [0.717, 1.165) is 12.8 Å². The van der Waals surface area contributed by atoms with E-state index in [9.17, 15) is 4.79 Å². The van der Waals surface area contributed by atoms with E-state index < -0.39 is 0 Å². The minimum atomic E-state index is -0.377. The first-order valence-corrected chi connectivity index (χ1v) is 10.6. The van der Waals surface area contributed by atoms with E-state index in [4.69, 9.17) is 39.5 Å². The Labute approximate surface area is 163 Å². The van der Waals surface area contributed by atoms with Gasteiger partial charge < -0.3 is 4.74 Å². The van der Waals surface area contributed by atoms with E-state index in [2.05, 4.69) is 6.92 Å². The Morgan fingerprint density at radius 2 is 1.12 bits per heavy atom. The second kappa shape index (κ2) is 17.9. The minimum Gasteiger partial charge on any atom is -0.465 e. The molecule has 0 aromatic rings. The van der Waals surface area contributed by atoms with Gasteiger partial charge >= 0.3 is 5.97 Å². The summed E-state index contributed by atoms with van der Waals surface area (Å²) in [5.74, 6) is -0.377. The molecule has 0 unspecified atom stereocenters. The minimum absolute atomic E-state index is 0.0532. The van der Waals surface area contributed by atoms with Gasteiger partial charge in [0, 0.05) is 0 Å². The summed E-state index contributed by atoms with van der Waals surface area (Å²) in [4.78, 5) is 11.4. The highest BCUT2D eigenvalue weighted by Gasteiger charge is 2.08. The van der Waals surface area contributed by atoms with Gasteiger partial charge in [0.15, 0.2) is 0 Å². The van der Waals surface area contributed by atoms with Gasteiger partial charge in [0.05, 0.1) is 18.1 Å². The summed E-state index contributed by atoms with van der Waals surface area (Å²) in [6.45, 7) is 2.70. The molecule has 0 aromatic carbocycles. The number of hydrogen-bond acceptors (Lipinski definition) is 2. The lowest BCUT2D eigenvalue weighted by Gasteiger charge is -2.05. The summed E-state index contributed by atoms with van der Waals surface area (Å²) in [6.07, 6.45) is 16.8. The lowest BCUT2D eigenvalue weighted by molar-refractivity contribution is -0.142. The van der Waals surface area contributed by atoms with E-state index in [1.807, 2.05) is 0 Å². The van der Waals surface area contributed by atoms with Crippen molar-refractivity contribution in [3.8, 4) is 0 Å². The summed E-state index contributed by atoms with van der Waals surface area (Å²) in [5, 5.41) is 0.133. The van der Waals surface area contributed by atoms with Crippen LogP contribution in [-0.2, 0) is 9.53 Å². The Morgan fingerprint density at radius 3 is 1.54 bits per heavy atom. The lowest BCUT2D eigenvalue weighted by Crippen LogP contribution is -2.05. The van der Waals surface area contributed by atoms with Crippen LogP contribution in [0.3, 0.4) is 0 Å². The van der Waals surface area contributed by atoms with Crippen molar-refractivity contribution < 1.29 is 9.53 Å². The number of carbonyl (C=O) groups excluding carboxylic acids is 1. The van der Waals surface area contributed by atoms with Crippen molar-refractivity contribution in [1.82, 2.24) is 0 Å². The number of ether oxygens (including phenoxy) is 1. The number of carbonyl (C=O) groups is 1. The molecule has 0 saturated heterocycles. The van der Waals surface area contributed by atoms with Crippen molar-refractivity contribution in [3.05, 3.63) is 9.52 Å². The molecular weight excluding hydrogens is 367 g/mol. The second-order valence-electron chi connectivity index (χ2n) is 6.31. The molecule has 24 heavy (non-hydrogen) atoms. The van der Waals surface area contributed by atoms with Crippen molar-refractivity contribution in [3.63, 3.8) is 0 Å². The molecule has 0 bridgehead atoms. The Morgan fingerprint density at radius 1 is 0.708 bits per heavy atom. The zero-order chi connectivity index (χ0) is 18.0. The molecule has 2 nitrogen and oxygen atoms in total. The van der Waals surface area contributed by atoms with Crippen molar-refractivity contribution in [1.29, 1.82) is 0 Å². The van der Waals surface area contributed by atoms with Crippen molar-refractivity contribution in [2.45, 2.75) is 96.8 Å². The fraction of sp³-hybridized carbons (Fsp3) is 0.842. The van der Waals surface area contributed by atoms with E-state index in [-0.39, 0.29) is 21.9 Å². The Kier molecular flexibility index (Phi) is 17.9. The number of halogens is 3. The smallest absolute Gasteiger partial charge is 0.311 e. The average molecular weight is 400 g/mol. The molecule has 0 saturated carbocycles. The number of esters is 1. The van der Waals surface area contributed by atoms with E-state index in [1.165, 1.54) is 70.6 Å². The van der Waals surface area contributed by atoms with Crippen LogP contribution in [0.25, 0.3) is 0 Å². The fourth-order valence-corrected chi connectivity index (χ4v) is 2.79. The first kappa shape index (κ1) is 24.1. The zero-order valence-electron chi connectivity index (χ0n) is 15.1. The van der Waals surface area contributed by atoms with Crippen LogP contribution in [0.4, 0.5) is 0 Å². The predicted octanol–water partition coefficient (Wildman–Crippen LogP) is 7.90. The topological polar surface area (TPSA) is 26.3 Å². The molecule has 0 fully saturated rings. The fourth-order valence-electron chi connectivity index (χ4n) is 2.55. The van der Waals surface area contributed by atoms with Crippen LogP contribution in [0.5, 0.6) is 0 Å². The normalized spacial score (nSPS) is 10.7. The van der Waals surface area contributed by atoms with E-state index in [1.54, 1.807) is 0 Å². The molecule has 0 rings (SSSR count). The summed E-state index contributed by atoms with van der Waals surface area (Å²) in [6, 6.07) is 0. The molecule has 0 aliphatic heterocycles. The second-order valence-corrected chi connectivity index (χ2v) is 7.71. The number of rotatable bonds is 16. The van der Waals surface area contributed by atoms with Gasteiger partial charge in [-0.1, -0.05) is 119 Å². The summed E-state index contributed by atoms with van der Waals surface area (Å²) < 4.78 is 5.01. The van der Waals surface area contributed by atoms with Crippen LogP contribution >= 0.6 is 34.8 Å². The number of unbranched alkanes of at least 4 members (excludes halogenated alkanes) is 12. The molecule has 0 radical (unpaired) electrons. The zero-order valence-corrected chi connectivity index (χ0v) is 17.3. The molecule has 5 heteroatoms. The maximum Gasteiger partial charge on any atom is 0.311 e. The van der Waals surface area contributed by atoms with Crippen LogP contribution in [0, 0.1) is 0 Å². The maximum atomic E-state index is 11.4. The van der Waals surface area contributed by atoms with Crippen LogP contribution < -0.4 is 0 Å². The predicted molar refractivity (Wildman–Crippen MR) is 106 cm³/mol. The van der Waals surface area contributed by atoms with Gasteiger partial charge in [-0.2, -0.15) is 0 Å². The van der Waals surface area contributed by atoms with E-state index >= 15 is 0 Å². The third-order valence-corrected chi connectivity index (χ3v) is 4.99. The van der Waals surface area contributed by atoms with Gasteiger partial charge in [0.25, 0.3) is 0 Å². The van der Waals surface area contributed by atoms with Gasteiger partial charge in [-0.05, 0) is 6.42 Å². The van der Waals surface area contributed by atoms with Gasteiger partial charge in [0.1, 0.15) is 4.49 Å². The van der Waals surface area contributed by atoms with Crippen LogP contribution in [0.2, 0.25) is 0 Å². The highest BCUT2D eigenvalue weighted by Crippen LogP contribution is 2.21. The van der Waals surface area contributed by atoms with Crippen LogP contribution in [0.15, 0.2) is 9.52 Å². The molecule has 0 heterocycles. The van der Waals surface area contributed by atoms with Gasteiger partial charge in [-0.25, -0.2) is 0 Å². The van der Waals surface area contributed by atoms with Crippen molar-refractivity contribution in [2.24, 2.45) is 0 Å². The number of hydrogen-bond donors (Lipinski definition) is 0. The molecule has 0 atom stereocenters. The Bertz CT molecular complexity index is 340. The molecule has 0 amide bonds.